The van der Waals surface area contributed by atoms with Gasteiger partial charge < -0.3 is 4.74 Å². The van der Waals surface area contributed by atoms with Crippen molar-refractivity contribution < 1.29 is 4.74 Å². The van der Waals surface area contributed by atoms with Crippen molar-refractivity contribution in [1.82, 2.24) is 0 Å². The Bertz CT molecular complexity index is 205. The summed E-state index contributed by atoms with van der Waals surface area (Å²) in [6.45, 7) is 2.92. The summed E-state index contributed by atoms with van der Waals surface area (Å²) < 4.78 is 5.13. The Morgan fingerprint density at radius 2 is 2.50 bits per heavy atom. The molecule has 66 valence electrons. The van der Waals surface area contributed by atoms with Crippen molar-refractivity contribution in [1.29, 1.82) is 0 Å². The van der Waals surface area contributed by atoms with E-state index in [1.165, 1.54) is 24.8 Å². The van der Waals surface area contributed by atoms with Gasteiger partial charge in [-0.2, -0.15) is 0 Å². The predicted octanol–water partition coefficient (Wildman–Crippen LogP) is 2.87. The summed E-state index contributed by atoms with van der Waals surface area (Å²) >= 11 is 0. The Hall–Kier alpha value is -0.900. The van der Waals surface area contributed by atoms with Gasteiger partial charge in [0, 0.05) is 5.57 Å². The topological polar surface area (TPSA) is 9.23 Å². The van der Waals surface area contributed by atoms with Gasteiger partial charge in [-0.1, -0.05) is 19.4 Å². The Labute approximate surface area is 74.8 Å². The van der Waals surface area contributed by atoms with Gasteiger partial charge in [0.05, 0.1) is 0 Å². The van der Waals surface area contributed by atoms with Crippen molar-refractivity contribution in [2.75, 3.05) is 6.61 Å². The number of allylic oxidation sites excluding steroid dienone is 2. The van der Waals surface area contributed by atoms with Gasteiger partial charge in [-0.05, 0) is 31.6 Å². The molecule has 0 heterocycles. The molecule has 0 aromatic rings. The smallest absolute Gasteiger partial charge is 0.115 e. The second-order valence-corrected chi connectivity index (χ2v) is 3.05. The number of unbranched alkanes of at least 4 members (excludes halogenated alkanes) is 1. The highest BCUT2D eigenvalue weighted by molar-refractivity contribution is 5.29. The van der Waals surface area contributed by atoms with Crippen molar-refractivity contribution in [3.05, 3.63) is 11.6 Å². The zero-order valence-electron chi connectivity index (χ0n) is 7.73. The first-order chi connectivity index (χ1) is 5.93. The summed E-state index contributed by atoms with van der Waals surface area (Å²) in [6, 6.07) is 0. The van der Waals surface area contributed by atoms with Gasteiger partial charge in [0.25, 0.3) is 0 Å². The van der Waals surface area contributed by atoms with Gasteiger partial charge in [0.2, 0.25) is 0 Å². The van der Waals surface area contributed by atoms with Crippen LogP contribution in [-0.2, 0) is 4.74 Å². The van der Waals surface area contributed by atoms with Crippen LogP contribution in [0.15, 0.2) is 11.6 Å². The lowest BCUT2D eigenvalue weighted by molar-refractivity contribution is 0.271. The fraction of sp³-hybridized carbons (Fsp3) is 0.636. The minimum absolute atomic E-state index is 0.775. The molecular weight excluding hydrogens is 148 g/mol. The molecule has 0 aromatic carbocycles. The van der Waals surface area contributed by atoms with Crippen LogP contribution in [0.25, 0.3) is 0 Å². The average molecular weight is 164 g/mol. The number of ether oxygens (including phenoxy) is 1. The molecule has 1 aliphatic rings. The molecule has 12 heavy (non-hydrogen) atoms. The first-order valence-electron chi connectivity index (χ1n) is 4.75. The summed E-state index contributed by atoms with van der Waals surface area (Å²) in [6.07, 6.45) is 10.8. The van der Waals surface area contributed by atoms with Crippen LogP contribution >= 0.6 is 0 Å². The standard InChI is InChI=1S/C11H16O/c1-2-3-9-12-10-8-11-6-4-5-7-11/h6H,2-5,7,9H2,1H3. The summed E-state index contributed by atoms with van der Waals surface area (Å²) in [5, 5.41) is 0. The van der Waals surface area contributed by atoms with E-state index in [2.05, 4.69) is 25.0 Å². The van der Waals surface area contributed by atoms with Crippen molar-refractivity contribution in [2.24, 2.45) is 0 Å². The minimum atomic E-state index is 0.775. The lowest BCUT2D eigenvalue weighted by Crippen LogP contribution is -1.85. The number of hydrogen-bond donors (Lipinski definition) is 0. The molecule has 0 radical (unpaired) electrons. The molecule has 0 saturated carbocycles. The lowest BCUT2D eigenvalue weighted by Gasteiger charge is -1.92. The first-order valence-corrected chi connectivity index (χ1v) is 4.75. The zero-order valence-corrected chi connectivity index (χ0v) is 7.73. The summed E-state index contributed by atoms with van der Waals surface area (Å²) in [7, 11) is 0. The van der Waals surface area contributed by atoms with Gasteiger partial charge >= 0.3 is 0 Å². The quantitative estimate of drug-likeness (QED) is 0.460. The van der Waals surface area contributed by atoms with Crippen LogP contribution in [0.1, 0.15) is 39.0 Å². The SMILES string of the molecule is CCCCOC#CC1=CCCC1. The van der Waals surface area contributed by atoms with Crippen LogP contribution in [0.5, 0.6) is 0 Å². The van der Waals surface area contributed by atoms with Crippen molar-refractivity contribution in [2.45, 2.75) is 39.0 Å². The van der Waals surface area contributed by atoms with E-state index in [9.17, 15) is 0 Å². The second-order valence-electron chi connectivity index (χ2n) is 3.05. The highest BCUT2D eigenvalue weighted by Gasteiger charge is 1.99. The van der Waals surface area contributed by atoms with E-state index in [0.717, 1.165) is 19.4 Å². The molecule has 1 aliphatic carbocycles. The third-order valence-electron chi connectivity index (χ3n) is 1.92. The Balaban J connectivity index is 2.11. The fourth-order valence-corrected chi connectivity index (χ4v) is 1.15. The molecule has 0 saturated heterocycles. The Morgan fingerprint density at radius 1 is 1.58 bits per heavy atom. The molecule has 0 spiro atoms. The monoisotopic (exact) mass is 164 g/mol. The summed E-state index contributed by atoms with van der Waals surface area (Å²) in [5.74, 6) is 3.03. The minimum Gasteiger partial charge on any atom is -0.446 e. The van der Waals surface area contributed by atoms with Gasteiger partial charge in [0.1, 0.15) is 12.7 Å². The molecular formula is C11H16O. The van der Waals surface area contributed by atoms with Gasteiger partial charge in [-0.3, -0.25) is 0 Å². The van der Waals surface area contributed by atoms with Crippen LogP contribution < -0.4 is 0 Å². The Morgan fingerprint density at radius 3 is 3.17 bits per heavy atom. The number of rotatable bonds is 3. The molecule has 0 unspecified atom stereocenters. The van der Waals surface area contributed by atoms with E-state index in [1.807, 2.05) is 0 Å². The Kier molecular flexibility index (Phi) is 4.37. The molecule has 0 amide bonds. The van der Waals surface area contributed by atoms with Crippen LogP contribution in [0.3, 0.4) is 0 Å². The summed E-state index contributed by atoms with van der Waals surface area (Å²) in [4.78, 5) is 0. The van der Waals surface area contributed by atoms with Crippen molar-refractivity contribution in [3.8, 4) is 12.0 Å². The summed E-state index contributed by atoms with van der Waals surface area (Å²) in [5.41, 5.74) is 1.26. The maximum absolute atomic E-state index is 5.13. The van der Waals surface area contributed by atoms with Crippen molar-refractivity contribution in [3.63, 3.8) is 0 Å². The van der Waals surface area contributed by atoms with E-state index in [-0.39, 0.29) is 0 Å². The van der Waals surface area contributed by atoms with E-state index in [4.69, 9.17) is 4.74 Å². The highest BCUT2D eigenvalue weighted by Crippen LogP contribution is 2.15. The van der Waals surface area contributed by atoms with Gasteiger partial charge in [0.15, 0.2) is 0 Å². The van der Waals surface area contributed by atoms with E-state index >= 15 is 0 Å². The molecule has 0 aliphatic heterocycles. The maximum atomic E-state index is 5.13. The average Bonchev–Trinajstić information content (AvgIpc) is 2.57. The number of hydrogen-bond acceptors (Lipinski definition) is 1. The molecule has 0 aromatic heterocycles. The van der Waals surface area contributed by atoms with Crippen LogP contribution in [0, 0.1) is 12.0 Å². The van der Waals surface area contributed by atoms with Crippen LogP contribution in [-0.4, -0.2) is 6.61 Å². The van der Waals surface area contributed by atoms with Crippen molar-refractivity contribution >= 4 is 0 Å². The molecule has 1 heteroatoms. The second kappa shape index (κ2) is 5.71. The molecule has 0 fully saturated rings. The molecule has 0 N–H and O–H groups in total. The van der Waals surface area contributed by atoms with E-state index < -0.39 is 0 Å². The highest BCUT2D eigenvalue weighted by atomic mass is 16.5. The largest absolute Gasteiger partial charge is 0.446 e. The molecule has 0 bridgehead atoms. The molecule has 1 nitrogen and oxygen atoms in total. The molecule has 1 rings (SSSR count). The van der Waals surface area contributed by atoms with Crippen LogP contribution in [0.2, 0.25) is 0 Å². The van der Waals surface area contributed by atoms with E-state index in [1.54, 1.807) is 0 Å². The van der Waals surface area contributed by atoms with E-state index in [0.29, 0.717) is 0 Å². The predicted molar refractivity (Wildman–Crippen MR) is 50.6 cm³/mol. The molecule has 0 atom stereocenters. The normalized spacial score (nSPS) is 14.9. The van der Waals surface area contributed by atoms with Gasteiger partial charge in [-0.15, -0.1) is 0 Å². The van der Waals surface area contributed by atoms with Gasteiger partial charge in [-0.25, -0.2) is 0 Å². The first kappa shape index (κ1) is 9.19. The fourth-order valence-electron chi connectivity index (χ4n) is 1.15. The van der Waals surface area contributed by atoms with Crippen LogP contribution in [0.4, 0.5) is 0 Å². The maximum Gasteiger partial charge on any atom is 0.115 e. The zero-order chi connectivity index (χ0) is 8.65. The third-order valence-corrected chi connectivity index (χ3v) is 1.92. The third kappa shape index (κ3) is 3.48. The lowest BCUT2D eigenvalue weighted by atomic mass is 10.2.